The molecule has 0 aliphatic heterocycles. The second-order valence-corrected chi connectivity index (χ2v) is 4.58. The fourth-order valence-corrected chi connectivity index (χ4v) is 2.10. The summed E-state index contributed by atoms with van der Waals surface area (Å²) in [5.74, 6) is -0.713. The van der Waals surface area contributed by atoms with Crippen LogP contribution in [0.2, 0.25) is 0 Å². The van der Waals surface area contributed by atoms with Crippen LogP contribution in [0.4, 0.5) is 0 Å². The van der Waals surface area contributed by atoms with E-state index < -0.39 is 12.0 Å². The summed E-state index contributed by atoms with van der Waals surface area (Å²) in [6, 6.07) is -0.266. The van der Waals surface area contributed by atoms with E-state index in [0.29, 0.717) is 19.1 Å². The predicted octanol–water partition coefficient (Wildman–Crippen LogP) is -0.489. The smallest absolute Gasteiger partial charge is 0.329 e. The fraction of sp³-hybridized carbons (Fsp3) is 0.833. The lowest BCUT2D eigenvalue weighted by molar-refractivity contribution is -0.145. The van der Waals surface area contributed by atoms with E-state index in [0.717, 1.165) is 12.8 Å². The molecule has 6 nitrogen and oxygen atoms in total. The topological polar surface area (TPSA) is 78.9 Å². The van der Waals surface area contributed by atoms with Crippen molar-refractivity contribution in [3.63, 3.8) is 0 Å². The first kappa shape index (κ1) is 14.9. The van der Waals surface area contributed by atoms with Crippen molar-refractivity contribution in [1.29, 1.82) is 0 Å². The molecule has 6 heteroatoms. The van der Waals surface area contributed by atoms with E-state index in [9.17, 15) is 9.59 Å². The standard InChI is InChI=1S/C12H22N2O4/c1-9(16)13-11(12(17)18-2)8-14(6-7-15)10-4-3-5-10/h10-11,15H,3-8H2,1-2H3,(H,13,16). The fourth-order valence-electron chi connectivity index (χ4n) is 2.10. The van der Waals surface area contributed by atoms with E-state index in [1.54, 1.807) is 0 Å². The van der Waals surface area contributed by atoms with Gasteiger partial charge >= 0.3 is 5.97 Å². The van der Waals surface area contributed by atoms with E-state index in [4.69, 9.17) is 5.11 Å². The minimum atomic E-state index is -0.667. The van der Waals surface area contributed by atoms with Gasteiger partial charge in [0.1, 0.15) is 6.04 Å². The van der Waals surface area contributed by atoms with Crippen molar-refractivity contribution in [3.8, 4) is 0 Å². The average molecular weight is 258 g/mol. The molecule has 1 rings (SSSR count). The first-order chi connectivity index (χ1) is 8.58. The molecule has 0 heterocycles. The number of nitrogens with zero attached hydrogens (tertiary/aromatic N) is 1. The Morgan fingerprint density at radius 1 is 1.50 bits per heavy atom. The first-order valence-electron chi connectivity index (χ1n) is 6.28. The van der Waals surface area contributed by atoms with Gasteiger partial charge in [0.05, 0.1) is 13.7 Å². The molecule has 0 radical (unpaired) electrons. The third kappa shape index (κ3) is 4.27. The molecule has 2 N–H and O–H groups in total. The second-order valence-electron chi connectivity index (χ2n) is 4.58. The molecule has 1 amide bonds. The molecule has 1 fully saturated rings. The Bertz CT molecular complexity index is 292. The van der Waals surface area contributed by atoms with Gasteiger partial charge < -0.3 is 15.2 Å². The van der Waals surface area contributed by atoms with Gasteiger partial charge in [-0.25, -0.2) is 4.79 Å². The normalized spacial score (nSPS) is 17.1. The number of nitrogens with one attached hydrogen (secondary N) is 1. The Morgan fingerprint density at radius 2 is 2.17 bits per heavy atom. The number of aliphatic hydroxyl groups is 1. The van der Waals surface area contributed by atoms with Gasteiger partial charge in [-0.05, 0) is 12.8 Å². The lowest BCUT2D eigenvalue weighted by Crippen LogP contribution is -2.53. The highest BCUT2D eigenvalue weighted by atomic mass is 16.5. The number of carbonyl (C=O) groups is 2. The summed E-state index contributed by atoms with van der Waals surface area (Å²) < 4.78 is 4.68. The summed E-state index contributed by atoms with van der Waals surface area (Å²) >= 11 is 0. The Kier molecular flexibility index (Phi) is 6.07. The van der Waals surface area contributed by atoms with Crippen molar-refractivity contribution in [1.82, 2.24) is 10.2 Å². The molecular formula is C12H22N2O4. The maximum Gasteiger partial charge on any atom is 0.329 e. The molecule has 0 bridgehead atoms. The van der Waals surface area contributed by atoms with Crippen molar-refractivity contribution >= 4 is 11.9 Å². The van der Waals surface area contributed by atoms with Gasteiger partial charge in [-0.15, -0.1) is 0 Å². The second kappa shape index (κ2) is 7.33. The van der Waals surface area contributed by atoms with Gasteiger partial charge in [-0.2, -0.15) is 0 Å². The molecule has 0 spiro atoms. The van der Waals surface area contributed by atoms with Crippen LogP contribution in [0.5, 0.6) is 0 Å². The Morgan fingerprint density at radius 3 is 2.56 bits per heavy atom. The number of rotatable bonds is 7. The van der Waals surface area contributed by atoms with Crippen LogP contribution >= 0.6 is 0 Å². The molecule has 104 valence electrons. The summed E-state index contributed by atoms with van der Waals surface area (Å²) in [4.78, 5) is 24.7. The Labute approximate surface area is 107 Å². The molecule has 18 heavy (non-hydrogen) atoms. The summed E-state index contributed by atoms with van der Waals surface area (Å²) in [5, 5.41) is 11.6. The van der Waals surface area contributed by atoms with E-state index in [2.05, 4.69) is 10.1 Å². The largest absolute Gasteiger partial charge is 0.467 e. The van der Waals surface area contributed by atoms with Crippen LogP contribution in [0, 0.1) is 0 Å². The zero-order valence-electron chi connectivity index (χ0n) is 11.0. The number of hydrogen-bond acceptors (Lipinski definition) is 5. The maximum atomic E-state index is 11.6. The molecule has 1 atom stereocenters. The lowest BCUT2D eigenvalue weighted by Gasteiger charge is -2.38. The number of esters is 1. The Hall–Kier alpha value is -1.14. The summed E-state index contributed by atoms with van der Waals surface area (Å²) in [7, 11) is 1.30. The van der Waals surface area contributed by atoms with Crippen LogP contribution in [-0.2, 0) is 14.3 Å². The van der Waals surface area contributed by atoms with Crippen LogP contribution in [0.15, 0.2) is 0 Å². The summed E-state index contributed by atoms with van der Waals surface area (Å²) in [6.45, 7) is 2.31. The molecule has 1 aliphatic rings. The van der Waals surface area contributed by atoms with E-state index in [1.165, 1.54) is 20.5 Å². The number of amides is 1. The number of hydrogen-bond donors (Lipinski definition) is 2. The highest BCUT2D eigenvalue weighted by Gasteiger charge is 2.29. The van der Waals surface area contributed by atoms with Crippen molar-refractivity contribution in [2.24, 2.45) is 0 Å². The van der Waals surface area contributed by atoms with Gasteiger partial charge in [0.15, 0.2) is 0 Å². The average Bonchev–Trinajstić information content (AvgIpc) is 2.24. The molecule has 1 saturated carbocycles. The highest BCUT2D eigenvalue weighted by Crippen LogP contribution is 2.24. The van der Waals surface area contributed by atoms with E-state index in [1.807, 2.05) is 4.90 Å². The number of aliphatic hydroxyl groups excluding tert-OH is 1. The van der Waals surface area contributed by atoms with E-state index >= 15 is 0 Å². The predicted molar refractivity (Wildman–Crippen MR) is 65.9 cm³/mol. The minimum absolute atomic E-state index is 0.0461. The zero-order chi connectivity index (χ0) is 13.5. The first-order valence-corrected chi connectivity index (χ1v) is 6.28. The van der Waals surface area contributed by atoms with Crippen LogP contribution in [0.1, 0.15) is 26.2 Å². The highest BCUT2D eigenvalue weighted by molar-refractivity contribution is 5.83. The third-order valence-corrected chi connectivity index (χ3v) is 3.26. The minimum Gasteiger partial charge on any atom is -0.467 e. The molecule has 0 saturated heterocycles. The molecular weight excluding hydrogens is 236 g/mol. The van der Waals surface area contributed by atoms with Crippen molar-refractivity contribution in [2.75, 3.05) is 26.8 Å². The van der Waals surface area contributed by atoms with Crippen LogP contribution < -0.4 is 5.32 Å². The van der Waals surface area contributed by atoms with Crippen molar-refractivity contribution < 1.29 is 19.4 Å². The number of carbonyl (C=O) groups excluding carboxylic acids is 2. The molecule has 1 unspecified atom stereocenters. The molecule has 0 aromatic rings. The van der Waals surface area contributed by atoms with E-state index in [-0.39, 0.29) is 12.5 Å². The Balaban J connectivity index is 2.59. The van der Waals surface area contributed by atoms with Crippen LogP contribution in [-0.4, -0.2) is 60.8 Å². The third-order valence-electron chi connectivity index (χ3n) is 3.26. The SMILES string of the molecule is COC(=O)C(CN(CCO)C1CCC1)NC(C)=O. The molecule has 0 aromatic heterocycles. The van der Waals surface area contributed by atoms with Crippen LogP contribution in [0.25, 0.3) is 0 Å². The van der Waals surface area contributed by atoms with Gasteiger partial charge in [0.25, 0.3) is 0 Å². The monoisotopic (exact) mass is 258 g/mol. The van der Waals surface area contributed by atoms with Crippen LogP contribution in [0.3, 0.4) is 0 Å². The summed E-state index contributed by atoms with van der Waals surface area (Å²) in [5.41, 5.74) is 0. The van der Waals surface area contributed by atoms with Crippen molar-refractivity contribution in [2.45, 2.75) is 38.3 Å². The molecule has 0 aromatic carbocycles. The van der Waals surface area contributed by atoms with Gasteiger partial charge in [0, 0.05) is 26.1 Å². The van der Waals surface area contributed by atoms with Gasteiger partial charge in [-0.3, -0.25) is 9.69 Å². The maximum absolute atomic E-state index is 11.6. The van der Waals surface area contributed by atoms with Gasteiger partial charge in [-0.1, -0.05) is 6.42 Å². The summed E-state index contributed by atoms with van der Waals surface area (Å²) in [6.07, 6.45) is 3.33. The lowest BCUT2D eigenvalue weighted by atomic mass is 9.91. The number of ether oxygens (including phenoxy) is 1. The number of methoxy groups -OCH3 is 1. The van der Waals surface area contributed by atoms with Crippen molar-refractivity contribution in [3.05, 3.63) is 0 Å². The quantitative estimate of drug-likeness (QED) is 0.603. The van der Waals surface area contributed by atoms with Gasteiger partial charge in [0.2, 0.25) is 5.91 Å². The molecule has 1 aliphatic carbocycles. The zero-order valence-corrected chi connectivity index (χ0v) is 11.0.